The van der Waals surface area contributed by atoms with Gasteiger partial charge in [-0.05, 0) is 25.0 Å². The number of aromatic nitrogens is 4. The second-order valence-corrected chi connectivity index (χ2v) is 6.35. The maximum absolute atomic E-state index is 13.9. The van der Waals surface area contributed by atoms with E-state index < -0.39 is 0 Å². The molecule has 1 unspecified atom stereocenters. The molecule has 1 amide bonds. The van der Waals surface area contributed by atoms with Gasteiger partial charge in [0.1, 0.15) is 5.82 Å². The molecule has 8 heteroatoms. The summed E-state index contributed by atoms with van der Waals surface area (Å²) < 4.78 is 17.3. The molecule has 0 bridgehead atoms. The Labute approximate surface area is 149 Å². The fourth-order valence-corrected chi connectivity index (χ4v) is 3.17. The lowest BCUT2D eigenvalue weighted by Gasteiger charge is -2.19. The Hall–Kier alpha value is -3.00. The van der Waals surface area contributed by atoms with Gasteiger partial charge in [-0.15, -0.1) is 0 Å². The number of halogens is 1. The highest BCUT2D eigenvalue weighted by atomic mass is 19.1. The van der Waals surface area contributed by atoms with Gasteiger partial charge in [0.25, 0.3) is 5.91 Å². The molecule has 0 spiro atoms. The van der Waals surface area contributed by atoms with Gasteiger partial charge in [-0.3, -0.25) is 14.8 Å². The largest absolute Gasteiger partial charge is 0.323 e. The van der Waals surface area contributed by atoms with E-state index in [1.54, 1.807) is 45.9 Å². The van der Waals surface area contributed by atoms with Crippen LogP contribution in [-0.2, 0) is 13.1 Å². The molecule has 0 radical (unpaired) electrons. The molecule has 3 N–H and O–H groups in total. The monoisotopic (exact) mass is 354 g/mol. The third-order valence-corrected chi connectivity index (χ3v) is 4.55. The molecular weight excluding hydrogens is 335 g/mol. The first-order valence-corrected chi connectivity index (χ1v) is 8.51. The van der Waals surface area contributed by atoms with Crippen molar-refractivity contribution in [3.63, 3.8) is 0 Å². The van der Waals surface area contributed by atoms with Crippen LogP contribution in [0.15, 0.2) is 42.7 Å². The number of hydrogen-bond acceptors (Lipinski definition) is 4. The van der Waals surface area contributed by atoms with Gasteiger partial charge >= 0.3 is 0 Å². The quantitative estimate of drug-likeness (QED) is 0.752. The van der Waals surface area contributed by atoms with E-state index in [1.807, 2.05) is 0 Å². The number of anilines is 1. The second kappa shape index (κ2) is 6.72. The smallest absolute Gasteiger partial charge is 0.278 e. The Bertz CT molecular complexity index is 947. The van der Waals surface area contributed by atoms with Crippen LogP contribution in [0.25, 0.3) is 0 Å². The van der Waals surface area contributed by atoms with Crippen LogP contribution in [0.3, 0.4) is 0 Å². The summed E-state index contributed by atoms with van der Waals surface area (Å²) in [6.45, 7) is 1.03. The van der Waals surface area contributed by atoms with Crippen LogP contribution in [0.5, 0.6) is 0 Å². The van der Waals surface area contributed by atoms with Crippen molar-refractivity contribution in [2.45, 2.75) is 32.0 Å². The minimum atomic E-state index is -0.361. The number of rotatable bonds is 4. The van der Waals surface area contributed by atoms with Gasteiger partial charge in [-0.25, -0.2) is 9.37 Å². The Balaban J connectivity index is 1.53. The van der Waals surface area contributed by atoms with E-state index >= 15 is 0 Å². The van der Waals surface area contributed by atoms with Crippen LogP contribution in [0.2, 0.25) is 0 Å². The first kappa shape index (κ1) is 16.5. The zero-order valence-corrected chi connectivity index (χ0v) is 14.1. The molecule has 134 valence electrons. The van der Waals surface area contributed by atoms with Crippen molar-refractivity contribution < 1.29 is 9.18 Å². The Morgan fingerprint density at radius 1 is 1.38 bits per heavy atom. The van der Waals surface area contributed by atoms with Crippen molar-refractivity contribution in [3.05, 3.63) is 65.5 Å². The molecule has 4 rings (SSSR count). The Morgan fingerprint density at radius 2 is 2.23 bits per heavy atom. The van der Waals surface area contributed by atoms with Crippen molar-refractivity contribution >= 4 is 11.9 Å². The van der Waals surface area contributed by atoms with Crippen LogP contribution in [-0.4, -0.2) is 25.2 Å². The summed E-state index contributed by atoms with van der Waals surface area (Å²) in [5.74, 6) is -0.317. The van der Waals surface area contributed by atoms with Gasteiger partial charge in [0, 0.05) is 30.5 Å². The number of nitrogens with zero attached hydrogens (tertiary/aromatic N) is 4. The molecule has 3 aromatic rings. The summed E-state index contributed by atoms with van der Waals surface area (Å²) in [5.41, 5.74) is 7.77. The number of fused-ring (bicyclic) bond motifs is 1. The van der Waals surface area contributed by atoms with Gasteiger partial charge in [0.05, 0.1) is 12.2 Å². The predicted octanol–water partition coefficient (Wildman–Crippen LogP) is 2.31. The minimum Gasteiger partial charge on any atom is -0.323 e. The van der Waals surface area contributed by atoms with Crippen LogP contribution < -0.4 is 11.1 Å². The van der Waals surface area contributed by atoms with E-state index in [1.165, 1.54) is 6.07 Å². The highest BCUT2D eigenvalue weighted by molar-refractivity contribution is 6.02. The fourth-order valence-electron chi connectivity index (χ4n) is 3.17. The number of benzene rings is 1. The third-order valence-electron chi connectivity index (χ3n) is 4.55. The highest BCUT2D eigenvalue weighted by Gasteiger charge is 2.22. The number of imidazole rings is 1. The predicted molar refractivity (Wildman–Crippen MR) is 94.1 cm³/mol. The highest BCUT2D eigenvalue weighted by Crippen LogP contribution is 2.23. The van der Waals surface area contributed by atoms with Gasteiger partial charge in [0.15, 0.2) is 5.69 Å². The molecule has 1 aromatic carbocycles. The molecule has 0 saturated carbocycles. The van der Waals surface area contributed by atoms with E-state index in [9.17, 15) is 9.18 Å². The number of carbonyl (C=O) groups excluding carboxylic acids is 1. The number of aryl methyl sites for hydroxylation is 1. The minimum absolute atomic E-state index is 0.0964. The van der Waals surface area contributed by atoms with E-state index in [2.05, 4.69) is 15.4 Å². The van der Waals surface area contributed by atoms with E-state index in [4.69, 9.17) is 5.73 Å². The molecule has 1 aliphatic heterocycles. The number of nitrogens with one attached hydrogen (secondary N) is 1. The lowest BCUT2D eigenvalue weighted by molar-refractivity contribution is 0.102. The summed E-state index contributed by atoms with van der Waals surface area (Å²) in [7, 11) is 0. The average Bonchev–Trinajstić information content (AvgIpc) is 3.25. The van der Waals surface area contributed by atoms with Crippen LogP contribution >= 0.6 is 0 Å². The first-order valence-electron chi connectivity index (χ1n) is 8.51. The number of nitrogens with two attached hydrogens (primary N) is 1. The van der Waals surface area contributed by atoms with Crippen LogP contribution in [0.4, 0.5) is 10.3 Å². The molecule has 2 aromatic heterocycles. The SMILES string of the molecule is NC1CCCn2nc(C(=O)Nc3nccn3Cc3ccccc3F)cc21. The van der Waals surface area contributed by atoms with Crippen LogP contribution in [0, 0.1) is 5.82 Å². The molecule has 0 aliphatic carbocycles. The number of carbonyl (C=O) groups is 1. The maximum atomic E-state index is 13.9. The van der Waals surface area contributed by atoms with E-state index in [0.717, 1.165) is 25.1 Å². The van der Waals surface area contributed by atoms with Crippen molar-refractivity contribution in [3.8, 4) is 0 Å². The van der Waals surface area contributed by atoms with Crippen LogP contribution in [0.1, 0.15) is 40.6 Å². The molecule has 0 fully saturated rings. The van der Waals surface area contributed by atoms with Crippen molar-refractivity contribution in [1.29, 1.82) is 0 Å². The molecule has 26 heavy (non-hydrogen) atoms. The van der Waals surface area contributed by atoms with Crippen molar-refractivity contribution in [2.24, 2.45) is 5.73 Å². The zero-order chi connectivity index (χ0) is 18.1. The second-order valence-electron chi connectivity index (χ2n) is 6.35. The lowest BCUT2D eigenvalue weighted by Crippen LogP contribution is -2.21. The molecule has 0 saturated heterocycles. The first-order chi connectivity index (χ1) is 12.6. The Morgan fingerprint density at radius 3 is 3.04 bits per heavy atom. The summed E-state index contributed by atoms with van der Waals surface area (Å²) in [6, 6.07) is 8.15. The average molecular weight is 354 g/mol. The zero-order valence-electron chi connectivity index (χ0n) is 14.1. The summed E-state index contributed by atoms with van der Waals surface area (Å²) in [6.07, 6.45) is 5.09. The van der Waals surface area contributed by atoms with Crippen molar-refractivity contribution in [2.75, 3.05) is 5.32 Å². The number of amides is 1. The number of hydrogen-bond donors (Lipinski definition) is 2. The normalized spacial score (nSPS) is 16.3. The van der Waals surface area contributed by atoms with Gasteiger partial charge in [-0.1, -0.05) is 18.2 Å². The van der Waals surface area contributed by atoms with Gasteiger partial charge in [-0.2, -0.15) is 5.10 Å². The summed E-state index contributed by atoms with van der Waals surface area (Å²) in [5, 5.41) is 7.08. The van der Waals surface area contributed by atoms with E-state index in [0.29, 0.717) is 17.2 Å². The standard InChI is InChI=1S/C18H19FN6O/c19-13-5-2-1-4-12(13)11-24-9-7-21-18(24)22-17(26)15-10-16-14(20)6-3-8-25(16)23-15/h1-2,4-5,7,9-10,14H,3,6,8,11,20H2,(H,21,22,26). The maximum Gasteiger partial charge on any atom is 0.278 e. The summed E-state index contributed by atoms with van der Waals surface area (Å²) >= 11 is 0. The fraction of sp³-hybridized carbons (Fsp3) is 0.278. The van der Waals surface area contributed by atoms with Gasteiger partial charge in [0.2, 0.25) is 5.95 Å². The molecular formula is C18H19FN6O. The topological polar surface area (TPSA) is 90.8 Å². The molecule has 3 heterocycles. The summed E-state index contributed by atoms with van der Waals surface area (Å²) in [4.78, 5) is 16.7. The van der Waals surface area contributed by atoms with E-state index in [-0.39, 0.29) is 24.3 Å². The third kappa shape index (κ3) is 3.11. The molecule has 7 nitrogen and oxygen atoms in total. The van der Waals surface area contributed by atoms with Gasteiger partial charge < -0.3 is 10.3 Å². The van der Waals surface area contributed by atoms with Crippen molar-refractivity contribution in [1.82, 2.24) is 19.3 Å². The molecule has 1 aliphatic rings. The molecule has 1 atom stereocenters. The lowest BCUT2D eigenvalue weighted by atomic mass is 10.1. The Kier molecular flexibility index (Phi) is 4.26.